The van der Waals surface area contributed by atoms with E-state index in [1.54, 1.807) is 5.57 Å². The molecule has 0 heteroatoms. The lowest BCUT2D eigenvalue weighted by Gasteiger charge is -2.21. The highest BCUT2D eigenvalue weighted by Crippen LogP contribution is 2.28. The molecule has 16 heavy (non-hydrogen) atoms. The molecule has 1 aliphatic carbocycles. The first-order valence-corrected chi connectivity index (χ1v) is 6.50. The third-order valence-electron chi connectivity index (χ3n) is 3.37. The van der Waals surface area contributed by atoms with Crippen molar-refractivity contribution >= 4 is 0 Å². The van der Waals surface area contributed by atoms with Crippen molar-refractivity contribution < 1.29 is 0 Å². The van der Waals surface area contributed by atoms with Gasteiger partial charge in [-0.3, -0.25) is 0 Å². The van der Waals surface area contributed by atoms with Crippen LogP contribution in [0.25, 0.3) is 0 Å². The minimum absolute atomic E-state index is 0.702. The maximum absolute atomic E-state index is 2.39. The summed E-state index contributed by atoms with van der Waals surface area (Å²) in [6.07, 6.45) is 10.8. The molecule has 2 atom stereocenters. The molecule has 0 spiro atoms. The van der Waals surface area contributed by atoms with Gasteiger partial charge in [-0.05, 0) is 51.9 Å². The molecule has 0 aromatic rings. The van der Waals surface area contributed by atoms with Gasteiger partial charge in [-0.25, -0.2) is 0 Å². The first-order chi connectivity index (χ1) is 7.49. The van der Waals surface area contributed by atoms with Gasteiger partial charge in [0.05, 0.1) is 0 Å². The quantitative estimate of drug-likeness (QED) is 0.563. The van der Waals surface area contributed by atoms with E-state index in [4.69, 9.17) is 0 Å². The molecule has 1 rings (SSSR count). The average Bonchev–Trinajstić information content (AvgIpc) is 2.16. The second kappa shape index (κ2) is 6.08. The van der Waals surface area contributed by atoms with Gasteiger partial charge in [-0.2, -0.15) is 0 Å². The Morgan fingerprint density at radius 2 is 1.94 bits per heavy atom. The van der Waals surface area contributed by atoms with E-state index in [0.29, 0.717) is 5.92 Å². The molecular formula is C16H26. The summed E-state index contributed by atoms with van der Waals surface area (Å²) in [5.41, 5.74) is 4.60. The van der Waals surface area contributed by atoms with Crippen LogP contribution in [0.15, 0.2) is 34.9 Å². The molecule has 0 nitrogen and oxygen atoms in total. The Kier molecular flexibility index (Phi) is 5.05. The van der Waals surface area contributed by atoms with E-state index in [2.05, 4.69) is 52.8 Å². The summed E-state index contributed by atoms with van der Waals surface area (Å²) in [7, 11) is 0. The minimum Gasteiger partial charge on any atom is -0.0830 e. The van der Waals surface area contributed by atoms with Gasteiger partial charge in [0.1, 0.15) is 0 Å². The maximum atomic E-state index is 2.39. The minimum atomic E-state index is 0.702. The summed E-state index contributed by atoms with van der Waals surface area (Å²) in [5, 5.41) is 0. The van der Waals surface area contributed by atoms with Crippen LogP contribution in [0.4, 0.5) is 0 Å². The van der Waals surface area contributed by atoms with E-state index in [-0.39, 0.29) is 0 Å². The van der Waals surface area contributed by atoms with Crippen molar-refractivity contribution in [3.63, 3.8) is 0 Å². The lowest BCUT2D eigenvalue weighted by atomic mass is 9.85. The van der Waals surface area contributed by atoms with Crippen molar-refractivity contribution in [1.82, 2.24) is 0 Å². The summed E-state index contributed by atoms with van der Waals surface area (Å²) in [4.78, 5) is 0. The lowest BCUT2D eigenvalue weighted by Crippen LogP contribution is -2.06. The summed E-state index contributed by atoms with van der Waals surface area (Å²) in [6.45, 7) is 11.3. The zero-order valence-corrected chi connectivity index (χ0v) is 11.5. The van der Waals surface area contributed by atoms with Gasteiger partial charge in [0, 0.05) is 0 Å². The molecule has 0 aliphatic heterocycles. The predicted molar refractivity (Wildman–Crippen MR) is 73.5 cm³/mol. The topological polar surface area (TPSA) is 0 Å². The molecule has 0 saturated carbocycles. The van der Waals surface area contributed by atoms with Crippen molar-refractivity contribution in [2.24, 2.45) is 11.8 Å². The van der Waals surface area contributed by atoms with Gasteiger partial charge in [-0.15, -0.1) is 0 Å². The van der Waals surface area contributed by atoms with Crippen LogP contribution in [0.2, 0.25) is 0 Å². The van der Waals surface area contributed by atoms with E-state index in [0.717, 1.165) is 5.92 Å². The molecular weight excluding hydrogens is 192 g/mol. The van der Waals surface area contributed by atoms with E-state index in [9.17, 15) is 0 Å². The third kappa shape index (κ3) is 4.38. The van der Waals surface area contributed by atoms with Crippen molar-refractivity contribution in [2.45, 2.75) is 53.9 Å². The van der Waals surface area contributed by atoms with Gasteiger partial charge in [-0.1, -0.05) is 48.8 Å². The summed E-state index contributed by atoms with van der Waals surface area (Å²) < 4.78 is 0. The van der Waals surface area contributed by atoms with Crippen LogP contribution in [0.1, 0.15) is 53.9 Å². The van der Waals surface area contributed by atoms with Crippen molar-refractivity contribution in [1.29, 1.82) is 0 Å². The zero-order valence-electron chi connectivity index (χ0n) is 11.5. The van der Waals surface area contributed by atoms with Crippen LogP contribution in [-0.2, 0) is 0 Å². The maximum Gasteiger partial charge on any atom is -0.0223 e. The normalized spacial score (nSPS) is 19.6. The van der Waals surface area contributed by atoms with Crippen LogP contribution in [-0.4, -0.2) is 0 Å². The Bertz CT molecular complexity index is 311. The number of allylic oxidation sites excluding steroid dienone is 6. The SMILES string of the molecule is CC(C)=CC(C)C[C@H](C)C1=CC=C(C)CC1. The van der Waals surface area contributed by atoms with Crippen LogP contribution in [0.3, 0.4) is 0 Å². The molecule has 0 saturated heterocycles. The van der Waals surface area contributed by atoms with E-state index >= 15 is 0 Å². The van der Waals surface area contributed by atoms with Gasteiger partial charge < -0.3 is 0 Å². The Balaban J connectivity index is 2.53. The predicted octanol–water partition coefficient (Wildman–Crippen LogP) is 5.28. The van der Waals surface area contributed by atoms with Gasteiger partial charge in [0.2, 0.25) is 0 Å². The second-order valence-corrected chi connectivity index (χ2v) is 5.61. The average molecular weight is 218 g/mol. The number of hydrogen-bond acceptors (Lipinski definition) is 0. The summed E-state index contributed by atoms with van der Waals surface area (Å²) in [5.74, 6) is 1.43. The monoisotopic (exact) mass is 218 g/mol. The van der Waals surface area contributed by atoms with E-state index in [1.165, 1.54) is 30.4 Å². The Labute approximate surface area is 101 Å². The van der Waals surface area contributed by atoms with Crippen LogP contribution < -0.4 is 0 Å². The molecule has 0 radical (unpaired) electrons. The molecule has 0 fully saturated rings. The van der Waals surface area contributed by atoms with E-state index < -0.39 is 0 Å². The van der Waals surface area contributed by atoms with E-state index in [1.807, 2.05) is 0 Å². The fourth-order valence-electron chi connectivity index (χ4n) is 2.51. The smallest absolute Gasteiger partial charge is 0.0223 e. The Morgan fingerprint density at radius 1 is 1.25 bits per heavy atom. The zero-order chi connectivity index (χ0) is 12.1. The molecule has 90 valence electrons. The largest absolute Gasteiger partial charge is 0.0830 e. The fraction of sp³-hybridized carbons (Fsp3) is 0.625. The molecule has 0 aromatic carbocycles. The second-order valence-electron chi connectivity index (χ2n) is 5.61. The highest BCUT2D eigenvalue weighted by Gasteiger charge is 2.13. The summed E-state index contributed by atoms with van der Waals surface area (Å²) in [6, 6.07) is 0. The number of rotatable bonds is 4. The van der Waals surface area contributed by atoms with Crippen molar-refractivity contribution in [3.8, 4) is 0 Å². The van der Waals surface area contributed by atoms with Gasteiger partial charge in [0.25, 0.3) is 0 Å². The van der Waals surface area contributed by atoms with Crippen LogP contribution in [0.5, 0.6) is 0 Å². The van der Waals surface area contributed by atoms with Gasteiger partial charge in [0.15, 0.2) is 0 Å². The Morgan fingerprint density at radius 3 is 2.44 bits per heavy atom. The first kappa shape index (κ1) is 13.3. The molecule has 1 unspecified atom stereocenters. The summed E-state index contributed by atoms with van der Waals surface area (Å²) >= 11 is 0. The highest BCUT2D eigenvalue weighted by atomic mass is 14.2. The molecule has 0 amide bonds. The molecule has 0 heterocycles. The molecule has 0 aromatic heterocycles. The standard InChI is InChI=1S/C16H26/c1-12(2)10-14(4)11-15(5)16-8-6-13(3)7-9-16/h6,8,10,14-15H,7,9,11H2,1-5H3/t14?,15-/m0/s1. The lowest BCUT2D eigenvalue weighted by molar-refractivity contribution is 0.505. The van der Waals surface area contributed by atoms with Crippen molar-refractivity contribution in [3.05, 3.63) is 34.9 Å². The molecule has 0 bridgehead atoms. The van der Waals surface area contributed by atoms with Crippen LogP contribution >= 0.6 is 0 Å². The van der Waals surface area contributed by atoms with Gasteiger partial charge >= 0.3 is 0 Å². The Hall–Kier alpha value is -0.780. The van der Waals surface area contributed by atoms with Crippen molar-refractivity contribution in [2.75, 3.05) is 0 Å². The third-order valence-corrected chi connectivity index (χ3v) is 3.37. The highest BCUT2D eigenvalue weighted by molar-refractivity contribution is 5.24. The first-order valence-electron chi connectivity index (χ1n) is 6.50. The molecule has 1 aliphatic rings. The molecule has 0 N–H and O–H groups in total. The van der Waals surface area contributed by atoms with Crippen LogP contribution in [0, 0.1) is 11.8 Å². The number of hydrogen-bond donors (Lipinski definition) is 0. The fourth-order valence-corrected chi connectivity index (χ4v) is 2.51.